The molecule has 1 amide bonds. The smallest absolute Gasteiger partial charge is 0.255 e. The second kappa shape index (κ2) is 6.48. The van der Waals surface area contributed by atoms with Crippen molar-refractivity contribution in [3.05, 3.63) is 64.4 Å². The summed E-state index contributed by atoms with van der Waals surface area (Å²) >= 11 is 3.27. The Morgan fingerprint density at radius 3 is 2.53 bits per heavy atom. The number of carbonyl (C=O) groups excluding carboxylic acids is 1. The van der Waals surface area contributed by atoms with Crippen LogP contribution in [0, 0.1) is 0 Å². The Morgan fingerprint density at radius 1 is 1.21 bits per heavy atom. The maximum Gasteiger partial charge on any atom is 0.255 e. The second-order valence-electron chi connectivity index (χ2n) is 4.17. The zero-order valence-corrected chi connectivity index (χ0v) is 12.3. The highest BCUT2D eigenvalue weighted by molar-refractivity contribution is 9.10. The Hall–Kier alpha value is -1.68. The lowest BCUT2D eigenvalue weighted by Gasteiger charge is -2.21. The molecule has 0 bridgehead atoms. The normalized spacial score (nSPS) is 10.2. The number of pyridine rings is 1. The van der Waals surface area contributed by atoms with Crippen molar-refractivity contribution >= 4 is 21.8 Å². The minimum atomic E-state index is 0.00588. The largest absolute Gasteiger partial charge is 0.335 e. The van der Waals surface area contributed by atoms with E-state index < -0.39 is 0 Å². The summed E-state index contributed by atoms with van der Waals surface area (Å²) < 4.78 is 0.732. The fourth-order valence-corrected chi connectivity index (χ4v) is 2.05. The Kier molecular flexibility index (Phi) is 4.68. The number of benzene rings is 1. The van der Waals surface area contributed by atoms with E-state index in [1.807, 2.05) is 37.3 Å². The summed E-state index contributed by atoms with van der Waals surface area (Å²) in [6, 6.07) is 13.5. The van der Waals surface area contributed by atoms with E-state index in [4.69, 9.17) is 0 Å². The fraction of sp³-hybridized carbons (Fsp3) is 0.200. The molecule has 0 fully saturated rings. The third kappa shape index (κ3) is 3.64. The van der Waals surface area contributed by atoms with Crippen LogP contribution in [0.3, 0.4) is 0 Å². The summed E-state index contributed by atoms with van der Waals surface area (Å²) in [6.45, 7) is 3.27. The molecule has 98 valence electrons. The van der Waals surface area contributed by atoms with Gasteiger partial charge < -0.3 is 4.90 Å². The van der Waals surface area contributed by atoms with E-state index in [0.29, 0.717) is 18.7 Å². The standard InChI is InChI=1S/C15H15BrN2O/c1-2-18(11-12-6-4-3-5-7-12)15(19)13-8-9-14(16)17-10-13/h3-10H,2,11H2,1H3. The zero-order valence-electron chi connectivity index (χ0n) is 10.7. The average molecular weight is 319 g/mol. The molecule has 0 saturated heterocycles. The molecule has 1 heterocycles. The SMILES string of the molecule is CCN(Cc1ccccc1)C(=O)c1ccc(Br)nc1. The summed E-state index contributed by atoms with van der Waals surface area (Å²) in [5, 5.41) is 0. The van der Waals surface area contributed by atoms with E-state index in [-0.39, 0.29) is 5.91 Å². The van der Waals surface area contributed by atoms with Gasteiger partial charge in [0.15, 0.2) is 0 Å². The van der Waals surface area contributed by atoms with E-state index >= 15 is 0 Å². The van der Waals surface area contributed by atoms with E-state index in [0.717, 1.165) is 10.2 Å². The summed E-state index contributed by atoms with van der Waals surface area (Å²) in [4.78, 5) is 18.3. The molecule has 0 radical (unpaired) electrons. The number of halogens is 1. The lowest BCUT2D eigenvalue weighted by atomic mass is 10.2. The van der Waals surface area contributed by atoms with Crippen molar-refractivity contribution in [1.82, 2.24) is 9.88 Å². The molecule has 0 unspecified atom stereocenters. The third-order valence-electron chi connectivity index (χ3n) is 2.86. The highest BCUT2D eigenvalue weighted by atomic mass is 79.9. The van der Waals surface area contributed by atoms with E-state index in [1.54, 1.807) is 23.2 Å². The maximum atomic E-state index is 12.4. The number of hydrogen-bond acceptors (Lipinski definition) is 2. The summed E-state index contributed by atoms with van der Waals surface area (Å²) in [7, 11) is 0. The molecule has 0 N–H and O–H groups in total. The quantitative estimate of drug-likeness (QED) is 0.808. The van der Waals surface area contributed by atoms with Crippen LogP contribution in [-0.4, -0.2) is 22.3 Å². The van der Waals surface area contributed by atoms with Gasteiger partial charge in [-0.15, -0.1) is 0 Å². The molecule has 19 heavy (non-hydrogen) atoms. The van der Waals surface area contributed by atoms with Crippen LogP contribution in [0.1, 0.15) is 22.8 Å². The molecular formula is C15H15BrN2O. The molecule has 0 saturated carbocycles. The number of rotatable bonds is 4. The van der Waals surface area contributed by atoms with Crippen molar-refractivity contribution in [1.29, 1.82) is 0 Å². The Morgan fingerprint density at radius 2 is 1.95 bits per heavy atom. The molecule has 3 nitrogen and oxygen atoms in total. The highest BCUT2D eigenvalue weighted by Gasteiger charge is 2.14. The van der Waals surface area contributed by atoms with Gasteiger partial charge in [-0.05, 0) is 40.5 Å². The molecule has 1 aromatic carbocycles. The first kappa shape index (κ1) is 13.7. The Bertz CT molecular complexity index is 540. The second-order valence-corrected chi connectivity index (χ2v) is 4.99. The van der Waals surface area contributed by atoms with Crippen LogP contribution < -0.4 is 0 Å². The van der Waals surface area contributed by atoms with Gasteiger partial charge in [-0.2, -0.15) is 0 Å². The van der Waals surface area contributed by atoms with Crippen LogP contribution in [0.4, 0.5) is 0 Å². The lowest BCUT2D eigenvalue weighted by Crippen LogP contribution is -2.30. The molecule has 2 aromatic rings. The number of aromatic nitrogens is 1. The number of carbonyl (C=O) groups is 1. The molecule has 0 aliphatic carbocycles. The number of hydrogen-bond donors (Lipinski definition) is 0. The van der Waals surface area contributed by atoms with Crippen molar-refractivity contribution < 1.29 is 4.79 Å². The lowest BCUT2D eigenvalue weighted by molar-refractivity contribution is 0.0752. The summed E-state index contributed by atoms with van der Waals surface area (Å²) in [6.07, 6.45) is 1.60. The first-order chi connectivity index (χ1) is 9.20. The first-order valence-corrected chi connectivity index (χ1v) is 6.94. The van der Waals surface area contributed by atoms with Crippen LogP contribution in [0.25, 0.3) is 0 Å². The van der Waals surface area contributed by atoms with Gasteiger partial charge >= 0.3 is 0 Å². The van der Waals surface area contributed by atoms with Crippen molar-refractivity contribution in [2.75, 3.05) is 6.54 Å². The maximum absolute atomic E-state index is 12.4. The van der Waals surface area contributed by atoms with Crippen molar-refractivity contribution in [2.45, 2.75) is 13.5 Å². The molecule has 0 atom stereocenters. The van der Waals surface area contributed by atoms with Crippen LogP contribution in [0.2, 0.25) is 0 Å². The predicted octanol–water partition coefficient (Wildman–Crippen LogP) is 3.51. The van der Waals surface area contributed by atoms with Gasteiger partial charge in [0.2, 0.25) is 0 Å². The van der Waals surface area contributed by atoms with Crippen LogP contribution in [0.5, 0.6) is 0 Å². The fourth-order valence-electron chi connectivity index (χ4n) is 1.82. The van der Waals surface area contributed by atoms with Gasteiger partial charge in [0.05, 0.1) is 5.56 Å². The van der Waals surface area contributed by atoms with Crippen molar-refractivity contribution in [3.8, 4) is 0 Å². The summed E-state index contributed by atoms with van der Waals surface area (Å²) in [5.74, 6) is 0.00588. The topological polar surface area (TPSA) is 33.2 Å². The predicted molar refractivity (Wildman–Crippen MR) is 78.8 cm³/mol. The van der Waals surface area contributed by atoms with E-state index in [2.05, 4.69) is 20.9 Å². The molecule has 0 aliphatic heterocycles. The van der Waals surface area contributed by atoms with E-state index in [9.17, 15) is 4.79 Å². The van der Waals surface area contributed by atoms with Gasteiger partial charge in [-0.1, -0.05) is 30.3 Å². The minimum Gasteiger partial charge on any atom is -0.335 e. The van der Waals surface area contributed by atoms with Crippen LogP contribution >= 0.6 is 15.9 Å². The summed E-state index contributed by atoms with van der Waals surface area (Å²) in [5.41, 5.74) is 1.74. The molecule has 0 aliphatic rings. The molecule has 4 heteroatoms. The minimum absolute atomic E-state index is 0.00588. The number of nitrogens with zero attached hydrogens (tertiary/aromatic N) is 2. The molecular weight excluding hydrogens is 304 g/mol. The zero-order chi connectivity index (χ0) is 13.7. The van der Waals surface area contributed by atoms with Gasteiger partial charge in [0, 0.05) is 19.3 Å². The highest BCUT2D eigenvalue weighted by Crippen LogP contribution is 2.11. The molecule has 0 spiro atoms. The molecule has 1 aromatic heterocycles. The van der Waals surface area contributed by atoms with E-state index in [1.165, 1.54) is 0 Å². The van der Waals surface area contributed by atoms with Gasteiger partial charge in [0.1, 0.15) is 4.60 Å². The van der Waals surface area contributed by atoms with Gasteiger partial charge in [-0.25, -0.2) is 4.98 Å². The average Bonchev–Trinajstić information content (AvgIpc) is 2.46. The van der Waals surface area contributed by atoms with Gasteiger partial charge in [0.25, 0.3) is 5.91 Å². The third-order valence-corrected chi connectivity index (χ3v) is 3.33. The molecule has 2 rings (SSSR count). The monoisotopic (exact) mass is 318 g/mol. The first-order valence-electron chi connectivity index (χ1n) is 6.15. The Balaban J connectivity index is 2.13. The Labute approximate surface area is 121 Å². The van der Waals surface area contributed by atoms with Gasteiger partial charge in [-0.3, -0.25) is 4.79 Å². The van der Waals surface area contributed by atoms with Crippen LogP contribution in [-0.2, 0) is 6.54 Å². The van der Waals surface area contributed by atoms with Crippen molar-refractivity contribution in [2.24, 2.45) is 0 Å². The van der Waals surface area contributed by atoms with Crippen molar-refractivity contribution in [3.63, 3.8) is 0 Å². The number of amides is 1. The van der Waals surface area contributed by atoms with Crippen LogP contribution in [0.15, 0.2) is 53.3 Å².